The molecule has 1 aliphatic rings. The van der Waals surface area contributed by atoms with E-state index in [4.69, 9.17) is 9.79 Å². The number of hydrogen-bond donors (Lipinski definition) is 3. The number of phosphoric acid groups is 1. The van der Waals surface area contributed by atoms with E-state index < -0.39 is 19.8 Å². The predicted octanol–water partition coefficient (Wildman–Crippen LogP) is 3.77. The molecular formula is C24H31N2O6P. The Balaban J connectivity index is 1.65. The Morgan fingerprint density at radius 1 is 1.09 bits per heavy atom. The number of phosphoric ester groups is 1. The largest absolute Gasteiger partial charge is 0.524 e. The summed E-state index contributed by atoms with van der Waals surface area (Å²) < 4.78 is 15.4. The van der Waals surface area contributed by atoms with E-state index in [9.17, 15) is 14.2 Å². The lowest BCUT2D eigenvalue weighted by Crippen LogP contribution is -2.47. The van der Waals surface area contributed by atoms with Gasteiger partial charge in [0.05, 0.1) is 0 Å². The summed E-state index contributed by atoms with van der Waals surface area (Å²) in [5.41, 5.74) is 2.61. The molecule has 2 aromatic carbocycles. The molecule has 1 atom stereocenters. The maximum absolute atomic E-state index is 13.2. The number of likely N-dealkylation sites (tertiary alicyclic amines) is 1. The lowest BCUT2D eigenvalue weighted by Gasteiger charge is -2.25. The zero-order chi connectivity index (χ0) is 24.2. The highest BCUT2D eigenvalue weighted by molar-refractivity contribution is 7.46. The highest BCUT2D eigenvalue weighted by Crippen LogP contribution is 2.37. The number of carbonyl (C=O) groups is 2. The van der Waals surface area contributed by atoms with E-state index >= 15 is 0 Å². The van der Waals surface area contributed by atoms with Gasteiger partial charge >= 0.3 is 7.82 Å². The van der Waals surface area contributed by atoms with Gasteiger partial charge in [-0.1, -0.05) is 45.0 Å². The molecule has 1 saturated heterocycles. The second kappa shape index (κ2) is 10.1. The van der Waals surface area contributed by atoms with Crippen LogP contribution in [-0.2, 0) is 21.3 Å². The van der Waals surface area contributed by atoms with Gasteiger partial charge in [-0.2, -0.15) is 0 Å². The van der Waals surface area contributed by atoms with E-state index in [1.807, 2.05) is 12.1 Å². The van der Waals surface area contributed by atoms with Crippen molar-refractivity contribution >= 4 is 19.6 Å². The van der Waals surface area contributed by atoms with Crippen LogP contribution in [0.3, 0.4) is 0 Å². The number of hydrogen-bond acceptors (Lipinski definition) is 4. The highest BCUT2D eigenvalue weighted by Gasteiger charge is 2.29. The fourth-order valence-corrected chi connectivity index (χ4v) is 4.17. The van der Waals surface area contributed by atoms with Gasteiger partial charge in [-0.25, -0.2) is 4.57 Å². The van der Waals surface area contributed by atoms with Gasteiger partial charge in [-0.3, -0.25) is 19.4 Å². The Morgan fingerprint density at radius 2 is 1.73 bits per heavy atom. The molecular weight excluding hydrogens is 443 g/mol. The van der Waals surface area contributed by atoms with Crippen molar-refractivity contribution in [1.29, 1.82) is 0 Å². The molecule has 1 fully saturated rings. The molecule has 33 heavy (non-hydrogen) atoms. The smallest absolute Gasteiger partial charge is 0.404 e. The van der Waals surface area contributed by atoms with E-state index in [1.165, 1.54) is 29.8 Å². The summed E-state index contributed by atoms with van der Waals surface area (Å²) in [5.74, 6) is -0.580. The summed E-state index contributed by atoms with van der Waals surface area (Å²) in [4.78, 5) is 45.4. The van der Waals surface area contributed by atoms with E-state index in [0.717, 1.165) is 18.4 Å². The molecule has 0 saturated carbocycles. The minimum atomic E-state index is -4.67. The topological polar surface area (TPSA) is 116 Å². The summed E-state index contributed by atoms with van der Waals surface area (Å²) in [5, 5.41) is 2.81. The van der Waals surface area contributed by atoms with Crippen molar-refractivity contribution in [3.8, 4) is 5.75 Å². The van der Waals surface area contributed by atoms with Crippen molar-refractivity contribution in [2.45, 2.75) is 58.0 Å². The molecule has 1 aliphatic heterocycles. The van der Waals surface area contributed by atoms with Crippen LogP contribution >= 0.6 is 7.82 Å². The summed E-state index contributed by atoms with van der Waals surface area (Å²) in [7, 11) is -4.67. The molecule has 2 amide bonds. The first-order chi connectivity index (χ1) is 15.4. The highest BCUT2D eigenvalue weighted by atomic mass is 31.2. The minimum Gasteiger partial charge on any atom is -0.404 e. The van der Waals surface area contributed by atoms with Gasteiger partial charge in [0.25, 0.3) is 5.91 Å². The molecule has 0 aliphatic carbocycles. The second-order valence-electron chi connectivity index (χ2n) is 9.33. The van der Waals surface area contributed by atoms with Crippen molar-refractivity contribution in [2.75, 3.05) is 6.54 Å². The summed E-state index contributed by atoms with van der Waals surface area (Å²) in [6, 6.07) is 13.1. The zero-order valence-electron chi connectivity index (χ0n) is 19.2. The van der Waals surface area contributed by atoms with Crippen LogP contribution in [0.1, 0.15) is 61.5 Å². The standard InChI is InChI=1S/C24H31N2O6P/c1-24(2,3)19-11-7-17(8-12-19)16-26-15-5-4-6-21(23(26)28)25-22(27)18-9-13-20(14-10-18)32-33(29,30)31/h7-14,21H,4-6,15-16H2,1-3H3,(H,25,27)(H2,29,30,31)/t21-/m0/s1. The van der Waals surface area contributed by atoms with Gasteiger partial charge in [0.1, 0.15) is 11.8 Å². The number of carbonyl (C=O) groups excluding carboxylic acids is 2. The van der Waals surface area contributed by atoms with E-state index in [1.54, 1.807) is 4.90 Å². The van der Waals surface area contributed by atoms with Gasteiger partial charge in [0, 0.05) is 18.7 Å². The van der Waals surface area contributed by atoms with Crippen LogP contribution in [0.15, 0.2) is 48.5 Å². The maximum Gasteiger partial charge on any atom is 0.524 e. The molecule has 8 nitrogen and oxygen atoms in total. The van der Waals surface area contributed by atoms with Crippen LogP contribution in [-0.4, -0.2) is 39.1 Å². The van der Waals surface area contributed by atoms with E-state index in [0.29, 0.717) is 19.5 Å². The van der Waals surface area contributed by atoms with Crippen LogP contribution in [0.25, 0.3) is 0 Å². The number of benzene rings is 2. The van der Waals surface area contributed by atoms with Crippen LogP contribution in [0.5, 0.6) is 5.75 Å². The van der Waals surface area contributed by atoms with Crippen molar-refractivity contribution in [1.82, 2.24) is 10.2 Å². The van der Waals surface area contributed by atoms with Gasteiger partial charge in [-0.15, -0.1) is 0 Å². The maximum atomic E-state index is 13.2. The average Bonchev–Trinajstić information content (AvgIpc) is 2.89. The van der Waals surface area contributed by atoms with Crippen LogP contribution in [0.4, 0.5) is 0 Å². The van der Waals surface area contributed by atoms with Crippen molar-refractivity contribution in [2.24, 2.45) is 0 Å². The minimum absolute atomic E-state index is 0.0471. The number of rotatable bonds is 6. The fraction of sp³-hybridized carbons (Fsp3) is 0.417. The van der Waals surface area contributed by atoms with Crippen LogP contribution < -0.4 is 9.84 Å². The molecule has 0 radical (unpaired) electrons. The number of nitrogens with zero attached hydrogens (tertiary/aromatic N) is 1. The lowest BCUT2D eigenvalue weighted by atomic mass is 9.87. The predicted molar refractivity (Wildman–Crippen MR) is 125 cm³/mol. The molecule has 3 N–H and O–H groups in total. The summed E-state index contributed by atoms with van der Waals surface area (Å²) >= 11 is 0. The van der Waals surface area contributed by atoms with Gasteiger partial charge < -0.3 is 14.7 Å². The third-order valence-electron chi connectivity index (χ3n) is 5.62. The Hall–Kier alpha value is -2.67. The van der Waals surface area contributed by atoms with E-state index in [2.05, 4.69) is 42.7 Å². The van der Waals surface area contributed by atoms with Gasteiger partial charge in [-0.05, 0) is 60.1 Å². The monoisotopic (exact) mass is 474 g/mol. The third kappa shape index (κ3) is 7.16. The van der Waals surface area contributed by atoms with Crippen molar-refractivity contribution < 1.29 is 28.5 Å². The molecule has 0 spiro atoms. The van der Waals surface area contributed by atoms with Crippen molar-refractivity contribution in [3.05, 3.63) is 65.2 Å². The second-order valence-corrected chi connectivity index (χ2v) is 10.5. The molecule has 9 heteroatoms. The van der Waals surface area contributed by atoms with Gasteiger partial charge in [0.15, 0.2) is 0 Å². The number of nitrogens with one attached hydrogen (secondary N) is 1. The fourth-order valence-electron chi connectivity index (χ4n) is 3.77. The molecule has 2 aromatic rings. The Bertz CT molecular complexity index is 1020. The molecule has 0 aromatic heterocycles. The Kier molecular flexibility index (Phi) is 7.62. The SMILES string of the molecule is CC(C)(C)c1ccc(CN2CCCC[C@H](NC(=O)c3ccc(OP(=O)(O)O)cc3)C2=O)cc1. The van der Waals surface area contributed by atoms with Crippen LogP contribution in [0.2, 0.25) is 0 Å². The zero-order valence-corrected chi connectivity index (χ0v) is 20.0. The molecule has 0 bridgehead atoms. The molecule has 1 heterocycles. The Morgan fingerprint density at radius 3 is 2.30 bits per heavy atom. The Labute approximate surface area is 194 Å². The summed E-state index contributed by atoms with van der Waals surface area (Å²) in [6.45, 7) is 7.61. The number of amides is 2. The van der Waals surface area contributed by atoms with Crippen LogP contribution in [0, 0.1) is 0 Å². The lowest BCUT2D eigenvalue weighted by molar-refractivity contribution is -0.133. The molecule has 3 rings (SSSR count). The van der Waals surface area contributed by atoms with Gasteiger partial charge in [0.2, 0.25) is 5.91 Å². The van der Waals surface area contributed by atoms with E-state index in [-0.39, 0.29) is 22.6 Å². The molecule has 0 unspecified atom stereocenters. The average molecular weight is 474 g/mol. The first kappa shape index (κ1) is 25.0. The first-order valence-electron chi connectivity index (χ1n) is 11.0. The normalized spacial score (nSPS) is 17.4. The quantitative estimate of drug-likeness (QED) is 0.549. The third-order valence-corrected chi connectivity index (χ3v) is 6.07. The van der Waals surface area contributed by atoms with Crippen molar-refractivity contribution in [3.63, 3.8) is 0 Å². The summed E-state index contributed by atoms with van der Waals surface area (Å²) in [6.07, 6.45) is 2.25. The first-order valence-corrected chi connectivity index (χ1v) is 12.5. The molecule has 178 valence electrons.